The lowest BCUT2D eigenvalue weighted by atomic mass is 10.0. The zero-order chi connectivity index (χ0) is 23.5. The average Bonchev–Trinajstić information content (AvgIpc) is 3.32. The average molecular weight is 475 g/mol. The Balaban J connectivity index is 1.82. The Morgan fingerprint density at radius 3 is 2.53 bits per heavy atom. The standard InChI is InChI=1S/C23H27ClN4O3S/c1-23(2,3)28(22(30)31)13-17(10-15-8-6-5-7-9-15)26-21(29)19-11-16(14-32-19)20-18(24)12-25-27(20)4/h5-9,11-12,14,17H,10,13H2,1-4H3,(H,26,29)(H,30,31). The summed E-state index contributed by atoms with van der Waals surface area (Å²) in [5, 5.41) is 19.3. The molecule has 0 fully saturated rings. The summed E-state index contributed by atoms with van der Waals surface area (Å²) in [6.07, 6.45) is 1.06. The minimum absolute atomic E-state index is 0.172. The van der Waals surface area contributed by atoms with E-state index in [2.05, 4.69) is 10.4 Å². The zero-order valence-electron chi connectivity index (χ0n) is 18.5. The first-order valence-electron chi connectivity index (χ1n) is 10.2. The quantitative estimate of drug-likeness (QED) is 0.508. The Kier molecular flexibility index (Phi) is 7.26. The normalized spacial score (nSPS) is 12.4. The van der Waals surface area contributed by atoms with Crippen molar-refractivity contribution in [2.45, 2.75) is 38.8 Å². The molecule has 2 aromatic heterocycles. The van der Waals surface area contributed by atoms with E-state index in [0.717, 1.165) is 16.8 Å². The summed E-state index contributed by atoms with van der Waals surface area (Å²) in [6.45, 7) is 5.69. The highest BCUT2D eigenvalue weighted by molar-refractivity contribution is 7.12. The van der Waals surface area contributed by atoms with Crippen LogP contribution in [-0.2, 0) is 13.5 Å². The maximum atomic E-state index is 13.1. The van der Waals surface area contributed by atoms with Gasteiger partial charge in [-0.1, -0.05) is 41.9 Å². The Hall–Kier alpha value is -2.84. The van der Waals surface area contributed by atoms with Gasteiger partial charge in [0.15, 0.2) is 0 Å². The van der Waals surface area contributed by atoms with Crippen molar-refractivity contribution in [1.82, 2.24) is 20.0 Å². The number of carbonyl (C=O) groups is 2. The molecule has 32 heavy (non-hydrogen) atoms. The molecule has 2 N–H and O–H groups in total. The number of benzene rings is 1. The van der Waals surface area contributed by atoms with Crippen molar-refractivity contribution in [3.05, 3.63) is 63.4 Å². The molecule has 1 atom stereocenters. The molecule has 2 amide bonds. The summed E-state index contributed by atoms with van der Waals surface area (Å²) in [7, 11) is 1.79. The second kappa shape index (κ2) is 9.75. The maximum Gasteiger partial charge on any atom is 0.407 e. The number of carboxylic acid groups (broad SMARTS) is 1. The van der Waals surface area contributed by atoms with Gasteiger partial charge in [-0.05, 0) is 38.8 Å². The summed E-state index contributed by atoms with van der Waals surface area (Å²) in [6, 6.07) is 11.1. The molecule has 0 radical (unpaired) electrons. The van der Waals surface area contributed by atoms with Gasteiger partial charge in [0.1, 0.15) is 0 Å². The molecule has 0 aliphatic rings. The molecule has 9 heteroatoms. The molecule has 3 aromatic rings. The minimum atomic E-state index is -1.02. The second-order valence-electron chi connectivity index (χ2n) is 8.59. The van der Waals surface area contributed by atoms with Gasteiger partial charge in [-0.25, -0.2) is 4.79 Å². The molecule has 1 unspecified atom stereocenters. The first-order valence-corrected chi connectivity index (χ1v) is 11.4. The number of aryl methyl sites for hydroxylation is 1. The number of aromatic nitrogens is 2. The van der Waals surface area contributed by atoms with E-state index in [0.29, 0.717) is 16.3 Å². The summed E-state index contributed by atoms with van der Waals surface area (Å²) in [5.74, 6) is -0.250. The molecule has 0 aliphatic heterocycles. The first-order chi connectivity index (χ1) is 15.1. The molecule has 170 valence electrons. The van der Waals surface area contributed by atoms with Crippen LogP contribution in [0.4, 0.5) is 4.79 Å². The molecule has 0 saturated heterocycles. The number of nitrogens with one attached hydrogen (secondary N) is 1. The molecule has 0 bridgehead atoms. The smallest absolute Gasteiger partial charge is 0.407 e. The molecule has 0 spiro atoms. The van der Waals surface area contributed by atoms with Gasteiger partial charge in [0.25, 0.3) is 5.91 Å². The van der Waals surface area contributed by atoms with E-state index >= 15 is 0 Å². The number of nitrogens with zero attached hydrogens (tertiary/aromatic N) is 3. The van der Waals surface area contributed by atoms with Crippen LogP contribution in [0.3, 0.4) is 0 Å². The molecule has 0 aliphatic carbocycles. The van der Waals surface area contributed by atoms with E-state index in [-0.39, 0.29) is 12.5 Å². The fourth-order valence-electron chi connectivity index (χ4n) is 3.49. The van der Waals surface area contributed by atoms with Crippen LogP contribution >= 0.6 is 22.9 Å². The number of hydrogen-bond donors (Lipinski definition) is 2. The fourth-order valence-corrected chi connectivity index (χ4v) is 4.56. The van der Waals surface area contributed by atoms with Crippen molar-refractivity contribution >= 4 is 34.9 Å². The zero-order valence-corrected chi connectivity index (χ0v) is 20.1. The number of rotatable bonds is 7. The van der Waals surface area contributed by atoms with Crippen LogP contribution < -0.4 is 5.32 Å². The topological polar surface area (TPSA) is 87.5 Å². The predicted molar refractivity (Wildman–Crippen MR) is 127 cm³/mol. The van der Waals surface area contributed by atoms with Crippen molar-refractivity contribution in [3.63, 3.8) is 0 Å². The number of carbonyl (C=O) groups excluding carboxylic acids is 1. The Bertz CT molecular complexity index is 1070. The third-order valence-electron chi connectivity index (χ3n) is 5.09. The number of hydrogen-bond acceptors (Lipinski definition) is 4. The monoisotopic (exact) mass is 474 g/mol. The fraction of sp³-hybridized carbons (Fsp3) is 0.348. The van der Waals surface area contributed by atoms with Crippen molar-refractivity contribution in [3.8, 4) is 11.3 Å². The van der Waals surface area contributed by atoms with Crippen molar-refractivity contribution in [2.24, 2.45) is 7.05 Å². The van der Waals surface area contributed by atoms with Crippen LogP contribution in [-0.4, -0.2) is 49.9 Å². The van der Waals surface area contributed by atoms with Gasteiger partial charge in [-0.2, -0.15) is 5.10 Å². The number of amides is 2. The van der Waals surface area contributed by atoms with Crippen LogP contribution in [0.15, 0.2) is 48.0 Å². The van der Waals surface area contributed by atoms with E-state index < -0.39 is 17.7 Å². The molecule has 0 saturated carbocycles. The third-order valence-corrected chi connectivity index (χ3v) is 6.30. The molecule has 3 rings (SSSR count). The molecule has 7 nitrogen and oxygen atoms in total. The van der Waals surface area contributed by atoms with Gasteiger partial charge in [-0.3, -0.25) is 9.48 Å². The summed E-state index contributed by atoms with van der Waals surface area (Å²) >= 11 is 7.54. The second-order valence-corrected chi connectivity index (χ2v) is 9.91. The minimum Gasteiger partial charge on any atom is -0.465 e. The number of thiophene rings is 1. The lowest BCUT2D eigenvalue weighted by molar-refractivity contribution is 0.0824. The van der Waals surface area contributed by atoms with Gasteiger partial charge in [-0.15, -0.1) is 11.3 Å². The molecule has 2 heterocycles. The van der Waals surface area contributed by atoms with E-state index in [1.165, 1.54) is 16.2 Å². The van der Waals surface area contributed by atoms with Crippen molar-refractivity contribution < 1.29 is 14.7 Å². The third kappa shape index (κ3) is 5.69. The summed E-state index contributed by atoms with van der Waals surface area (Å²) < 4.78 is 1.67. The van der Waals surface area contributed by atoms with E-state index in [9.17, 15) is 14.7 Å². The maximum absolute atomic E-state index is 13.1. The van der Waals surface area contributed by atoms with Crippen molar-refractivity contribution in [2.75, 3.05) is 6.54 Å². The number of halogens is 1. The van der Waals surface area contributed by atoms with Crippen LogP contribution in [0.2, 0.25) is 5.02 Å². The van der Waals surface area contributed by atoms with Gasteiger partial charge < -0.3 is 15.3 Å². The van der Waals surface area contributed by atoms with Gasteiger partial charge in [0.05, 0.1) is 27.8 Å². The van der Waals surface area contributed by atoms with E-state index in [4.69, 9.17) is 11.6 Å². The highest BCUT2D eigenvalue weighted by Crippen LogP contribution is 2.31. The van der Waals surface area contributed by atoms with Crippen LogP contribution in [0.5, 0.6) is 0 Å². The van der Waals surface area contributed by atoms with Crippen LogP contribution in [0.25, 0.3) is 11.3 Å². The van der Waals surface area contributed by atoms with Crippen LogP contribution in [0, 0.1) is 0 Å². The van der Waals surface area contributed by atoms with Gasteiger partial charge in [0.2, 0.25) is 0 Å². The summed E-state index contributed by atoms with van der Waals surface area (Å²) in [4.78, 5) is 26.8. The van der Waals surface area contributed by atoms with Gasteiger partial charge in [0, 0.05) is 30.1 Å². The summed E-state index contributed by atoms with van der Waals surface area (Å²) in [5.41, 5.74) is 1.97. The highest BCUT2D eigenvalue weighted by Gasteiger charge is 2.30. The Labute approximate surface area is 196 Å². The van der Waals surface area contributed by atoms with Crippen LogP contribution in [0.1, 0.15) is 36.0 Å². The predicted octanol–water partition coefficient (Wildman–Crippen LogP) is 4.92. The Morgan fingerprint density at radius 2 is 1.97 bits per heavy atom. The lowest BCUT2D eigenvalue weighted by Gasteiger charge is -2.36. The van der Waals surface area contributed by atoms with E-state index in [1.807, 2.05) is 56.5 Å². The first kappa shape index (κ1) is 23.8. The molecular formula is C23H27ClN4O3S. The lowest BCUT2D eigenvalue weighted by Crippen LogP contribution is -2.53. The van der Waals surface area contributed by atoms with E-state index in [1.54, 1.807) is 24.0 Å². The largest absolute Gasteiger partial charge is 0.465 e. The highest BCUT2D eigenvalue weighted by atomic mass is 35.5. The van der Waals surface area contributed by atoms with Gasteiger partial charge >= 0.3 is 6.09 Å². The molecular weight excluding hydrogens is 448 g/mol. The molecule has 1 aromatic carbocycles. The van der Waals surface area contributed by atoms with Crippen molar-refractivity contribution in [1.29, 1.82) is 0 Å². The Morgan fingerprint density at radius 1 is 1.28 bits per heavy atom. The SMILES string of the molecule is Cn1ncc(Cl)c1-c1csc(C(=O)NC(Cc2ccccc2)CN(C(=O)O)C(C)(C)C)c1.